The minimum atomic E-state index is -1.03. The minimum Gasteiger partial charge on any atom is -0.392 e. The first-order chi connectivity index (χ1) is 10.1. The van der Waals surface area contributed by atoms with E-state index in [0.717, 1.165) is 25.7 Å². The molecule has 0 bridgehead atoms. The summed E-state index contributed by atoms with van der Waals surface area (Å²) in [6, 6.07) is 0. The highest BCUT2D eigenvalue weighted by Gasteiger charge is 2.22. The molecule has 0 aliphatic rings. The molecular weight excluding hydrogens is 302 g/mol. The topological polar surface area (TPSA) is 133 Å². The lowest BCUT2D eigenvalue weighted by Crippen LogP contribution is -2.40. The van der Waals surface area contributed by atoms with Gasteiger partial charge < -0.3 is 14.2 Å². The summed E-state index contributed by atoms with van der Waals surface area (Å²) < 4.78 is 12.7. The van der Waals surface area contributed by atoms with Gasteiger partial charge in [0.15, 0.2) is 0 Å². The first-order valence-corrected chi connectivity index (χ1v) is 5.96. The minimum absolute atomic E-state index is 0.625. The number of rotatable bonds is 6. The van der Waals surface area contributed by atoms with Gasteiger partial charge in [0, 0.05) is 20.8 Å². The lowest BCUT2D eigenvalue weighted by atomic mass is 10.4. The Morgan fingerprint density at radius 3 is 1.00 bits per heavy atom. The summed E-state index contributed by atoms with van der Waals surface area (Å²) >= 11 is 0. The number of esters is 6. The SMILES string of the molecule is CC(=O)OC(=O)CN(CC(=O)OC(C)=O)CC(=O)OC(C)=O. The molecular formula is C12H15NO9. The molecule has 0 N–H and O–H groups in total. The van der Waals surface area contributed by atoms with Crippen LogP contribution in [0.3, 0.4) is 0 Å². The van der Waals surface area contributed by atoms with Gasteiger partial charge in [-0.1, -0.05) is 0 Å². The van der Waals surface area contributed by atoms with Crippen molar-refractivity contribution in [1.29, 1.82) is 0 Å². The lowest BCUT2D eigenvalue weighted by Gasteiger charge is -2.18. The molecule has 22 heavy (non-hydrogen) atoms. The van der Waals surface area contributed by atoms with Crippen molar-refractivity contribution >= 4 is 35.8 Å². The number of hydrogen-bond donors (Lipinski definition) is 0. The number of hydrogen-bond acceptors (Lipinski definition) is 10. The van der Waals surface area contributed by atoms with Gasteiger partial charge in [-0.3, -0.25) is 33.7 Å². The van der Waals surface area contributed by atoms with Gasteiger partial charge in [0.05, 0.1) is 19.6 Å². The van der Waals surface area contributed by atoms with Crippen LogP contribution in [-0.2, 0) is 43.0 Å². The molecule has 0 aliphatic heterocycles. The zero-order valence-electron chi connectivity index (χ0n) is 12.2. The molecule has 10 heteroatoms. The maximum Gasteiger partial charge on any atom is 0.327 e. The highest BCUT2D eigenvalue weighted by molar-refractivity contribution is 5.89. The van der Waals surface area contributed by atoms with Gasteiger partial charge in [0.25, 0.3) is 0 Å². The van der Waals surface area contributed by atoms with Crippen LogP contribution in [0.5, 0.6) is 0 Å². The van der Waals surface area contributed by atoms with Crippen LogP contribution in [0.1, 0.15) is 20.8 Å². The molecule has 0 aliphatic carbocycles. The molecule has 0 amide bonds. The van der Waals surface area contributed by atoms with Crippen LogP contribution in [0.15, 0.2) is 0 Å². The van der Waals surface area contributed by atoms with Crippen LogP contribution in [0, 0.1) is 0 Å². The Balaban J connectivity index is 4.74. The molecule has 122 valence electrons. The van der Waals surface area contributed by atoms with E-state index in [1.165, 1.54) is 0 Å². The van der Waals surface area contributed by atoms with Crippen LogP contribution in [0.4, 0.5) is 0 Å². The average Bonchev–Trinajstić information content (AvgIpc) is 2.23. The summed E-state index contributed by atoms with van der Waals surface area (Å²) in [7, 11) is 0. The summed E-state index contributed by atoms with van der Waals surface area (Å²) in [5.41, 5.74) is 0. The first kappa shape index (κ1) is 19.4. The van der Waals surface area contributed by atoms with Gasteiger partial charge in [-0.15, -0.1) is 0 Å². The quantitative estimate of drug-likeness (QED) is 0.325. The van der Waals surface area contributed by atoms with E-state index in [4.69, 9.17) is 0 Å². The Labute approximate surface area is 125 Å². The van der Waals surface area contributed by atoms with E-state index in [9.17, 15) is 28.8 Å². The Kier molecular flexibility index (Phi) is 8.23. The fraction of sp³-hybridized carbons (Fsp3) is 0.500. The molecule has 0 rings (SSSR count). The number of nitrogens with zero attached hydrogens (tertiary/aromatic N) is 1. The van der Waals surface area contributed by atoms with Crippen molar-refractivity contribution in [3.8, 4) is 0 Å². The molecule has 0 radical (unpaired) electrons. The van der Waals surface area contributed by atoms with Gasteiger partial charge in [0.2, 0.25) is 0 Å². The predicted molar refractivity (Wildman–Crippen MR) is 66.8 cm³/mol. The first-order valence-electron chi connectivity index (χ1n) is 5.96. The molecule has 0 aromatic heterocycles. The van der Waals surface area contributed by atoms with Gasteiger partial charge in [-0.2, -0.15) is 0 Å². The third kappa shape index (κ3) is 10.2. The van der Waals surface area contributed by atoms with Gasteiger partial charge >= 0.3 is 35.8 Å². The van der Waals surface area contributed by atoms with Crippen LogP contribution in [0.2, 0.25) is 0 Å². The average molecular weight is 317 g/mol. The normalized spacial score (nSPS) is 9.82. The van der Waals surface area contributed by atoms with Gasteiger partial charge in [-0.25, -0.2) is 0 Å². The second kappa shape index (κ2) is 9.34. The van der Waals surface area contributed by atoms with Crippen molar-refractivity contribution in [3.05, 3.63) is 0 Å². The van der Waals surface area contributed by atoms with E-state index >= 15 is 0 Å². The van der Waals surface area contributed by atoms with Crippen molar-refractivity contribution in [3.63, 3.8) is 0 Å². The molecule has 0 saturated carbocycles. The van der Waals surface area contributed by atoms with Crippen molar-refractivity contribution in [1.82, 2.24) is 4.90 Å². The summed E-state index contributed by atoms with van der Waals surface area (Å²) in [5.74, 6) is -5.70. The molecule has 0 fully saturated rings. The van der Waals surface area contributed by atoms with Gasteiger partial charge in [0.1, 0.15) is 0 Å². The number of carbonyl (C=O) groups excluding carboxylic acids is 6. The third-order valence-corrected chi connectivity index (χ3v) is 1.83. The molecule has 0 unspecified atom stereocenters. The highest BCUT2D eigenvalue weighted by atomic mass is 16.6. The Bertz CT molecular complexity index is 426. The summed E-state index contributed by atoms with van der Waals surface area (Å²) in [4.78, 5) is 66.8. The fourth-order valence-electron chi connectivity index (χ4n) is 1.29. The highest BCUT2D eigenvalue weighted by Crippen LogP contribution is 1.96. The zero-order valence-corrected chi connectivity index (χ0v) is 12.2. The standard InChI is InChI=1S/C12H15NO9/c1-7(14)20-10(17)4-13(5-11(18)21-8(2)15)6-12(19)22-9(3)16/h4-6H2,1-3H3. The Hall–Kier alpha value is -2.62. The second-order valence-corrected chi connectivity index (χ2v) is 4.04. The van der Waals surface area contributed by atoms with Crippen molar-refractivity contribution in [2.45, 2.75) is 20.8 Å². The molecule has 0 saturated heterocycles. The summed E-state index contributed by atoms with van der Waals surface area (Å²) in [6.07, 6.45) is 0. The Morgan fingerprint density at radius 1 is 0.591 bits per heavy atom. The van der Waals surface area contributed by atoms with E-state index in [1.54, 1.807) is 0 Å². The summed E-state index contributed by atoms with van der Waals surface area (Å²) in [5, 5.41) is 0. The number of ether oxygens (including phenoxy) is 3. The Morgan fingerprint density at radius 2 is 0.818 bits per heavy atom. The monoisotopic (exact) mass is 317 g/mol. The molecule has 0 aromatic rings. The van der Waals surface area contributed by atoms with E-state index in [2.05, 4.69) is 14.2 Å². The lowest BCUT2D eigenvalue weighted by molar-refractivity contribution is -0.161. The molecule has 0 atom stereocenters. The van der Waals surface area contributed by atoms with E-state index < -0.39 is 55.5 Å². The maximum atomic E-state index is 11.3. The van der Waals surface area contributed by atoms with Crippen LogP contribution in [0.25, 0.3) is 0 Å². The van der Waals surface area contributed by atoms with E-state index in [-0.39, 0.29) is 0 Å². The van der Waals surface area contributed by atoms with E-state index in [1.807, 2.05) is 0 Å². The zero-order chi connectivity index (χ0) is 17.3. The van der Waals surface area contributed by atoms with Crippen molar-refractivity contribution in [2.24, 2.45) is 0 Å². The third-order valence-electron chi connectivity index (χ3n) is 1.83. The van der Waals surface area contributed by atoms with E-state index in [0.29, 0.717) is 0 Å². The van der Waals surface area contributed by atoms with Gasteiger partial charge in [-0.05, 0) is 0 Å². The molecule has 10 nitrogen and oxygen atoms in total. The van der Waals surface area contributed by atoms with Crippen LogP contribution >= 0.6 is 0 Å². The smallest absolute Gasteiger partial charge is 0.327 e. The molecule has 0 heterocycles. The van der Waals surface area contributed by atoms with Crippen molar-refractivity contribution in [2.75, 3.05) is 19.6 Å². The second-order valence-electron chi connectivity index (χ2n) is 4.04. The predicted octanol–water partition coefficient (Wildman–Crippen LogP) is -1.44. The van der Waals surface area contributed by atoms with Crippen LogP contribution < -0.4 is 0 Å². The summed E-state index contributed by atoms with van der Waals surface area (Å²) in [6.45, 7) is 1.11. The number of carbonyl (C=O) groups is 6. The van der Waals surface area contributed by atoms with Crippen LogP contribution in [-0.4, -0.2) is 60.4 Å². The molecule has 0 spiro atoms. The maximum absolute atomic E-state index is 11.3. The molecule has 0 aromatic carbocycles. The van der Waals surface area contributed by atoms with Crippen molar-refractivity contribution < 1.29 is 43.0 Å². The largest absolute Gasteiger partial charge is 0.392 e. The fourth-order valence-corrected chi connectivity index (χ4v) is 1.29.